The molecule has 0 fully saturated rings. The van der Waals surface area contributed by atoms with E-state index in [0.717, 1.165) is 23.7 Å². The average molecular weight is 214 g/mol. The van der Waals surface area contributed by atoms with Crippen molar-refractivity contribution in [1.82, 2.24) is 5.32 Å². The Morgan fingerprint density at radius 1 is 1.50 bits per heavy atom. The summed E-state index contributed by atoms with van der Waals surface area (Å²) in [7, 11) is 0. The lowest BCUT2D eigenvalue weighted by Crippen LogP contribution is -2.15. The zero-order valence-corrected chi connectivity index (χ0v) is 9.03. The van der Waals surface area contributed by atoms with E-state index in [4.69, 9.17) is 5.73 Å². The molecule has 0 saturated heterocycles. The van der Waals surface area contributed by atoms with E-state index in [2.05, 4.69) is 12.2 Å². The molecular weight excluding hydrogens is 199 g/mol. The Hall–Kier alpha value is -0.740. The Labute approximate surface area is 88.1 Å². The van der Waals surface area contributed by atoms with Crippen LogP contribution in [0.1, 0.15) is 6.92 Å². The van der Waals surface area contributed by atoms with Gasteiger partial charge in [-0.15, -0.1) is 11.8 Å². The van der Waals surface area contributed by atoms with Crippen molar-refractivity contribution in [3.63, 3.8) is 0 Å². The number of nitrogens with one attached hydrogen (secondary N) is 1. The van der Waals surface area contributed by atoms with E-state index >= 15 is 0 Å². The summed E-state index contributed by atoms with van der Waals surface area (Å²) >= 11 is 1.57. The van der Waals surface area contributed by atoms with Gasteiger partial charge in [0, 0.05) is 22.9 Å². The summed E-state index contributed by atoms with van der Waals surface area (Å²) in [6.07, 6.45) is 0. The molecule has 0 aliphatic carbocycles. The number of halogens is 1. The zero-order chi connectivity index (χ0) is 10.4. The highest BCUT2D eigenvalue weighted by molar-refractivity contribution is 7.99. The summed E-state index contributed by atoms with van der Waals surface area (Å²) in [4.78, 5) is 0.822. The predicted octanol–water partition coefficient (Wildman–Crippen LogP) is 2.11. The van der Waals surface area contributed by atoms with Gasteiger partial charge in [-0.05, 0) is 24.7 Å². The molecule has 14 heavy (non-hydrogen) atoms. The van der Waals surface area contributed by atoms with Gasteiger partial charge < -0.3 is 11.1 Å². The SMILES string of the molecule is CCNCCSc1cc(F)ccc1N. The van der Waals surface area contributed by atoms with E-state index in [0.29, 0.717) is 5.69 Å². The van der Waals surface area contributed by atoms with Crippen molar-refractivity contribution in [2.75, 3.05) is 24.6 Å². The van der Waals surface area contributed by atoms with Gasteiger partial charge in [0.05, 0.1) is 0 Å². The molecule has 1 aromatic carbocycles. The number of anilines is 1. The van der Waals surface area contributed by atoms with Crippen LogP contribution in [0.2, 0.25) is 0 Å². The molecule has 78 valence electrons. The summed E-state index contributed by atoms with van der Waals surface area (Å²) in [5.41, 5.74) is 6.34. The van der Waals surface area contributed by atoms with Crippen molar-refractivity contribution in [2.45, 2.75) is 11.8 Å². The van der Waals surface area contributed by atoms with Crippen LogP contribution in [0.15, 0.2) is 23.1 Å². The number of nitrogens with two attached hydrogens (primary N) is 1. The van der Waals surface area contributed by atoms with Crippen LogP contribution in [0, 0.1) is 5.82 Å². The van der Waals surface area contributed by atoms with Gasteiger partial charge in [0.1, 0.15) is 5.82 Å². The second-order valence-electron chi connectivity index (χ2n) is 2.88. The van der Waals surface area contributed by atoms with Gasteiger partial charge in [-0.25, -0.2) is 4.39 Å². The highest BCUT2D eigenvalue weighted by Crippen LogP contribution is 2.25. The molecule has 4 heteroatoms. The van der Waals surface area contributed by atoms with Crippen molar-refractivity contribution < 1.29 is 4.39 Å². The van der Waals surface area contributed by atoms with Crippen molar-refractivity contribution in [3.05, 3.63) is 24.0 Å². The second kappa shape index (κ2) is 5.88. The summed E-state index contributed by atoms with van der Waals surface area (Å²) in [5, 5.41) is 3.20. The molecule has 0 aliphatic rings. The average Bonchev–Trinajstić information content (AvgIpc) is 2.18. The van der Waals surface area contributed by atoms with E-state index in [1.165, 1.54) is 12.1 Å². The fraction of sp³-hybridized carbons (Fsp3) is 0.400. The molecule has 1 rings (SSSR count). The van der Waals surface area contributed by atoms with Gasteiger partial charge in [0.15, 0.2) is 0 Å². The van der Waals surface area contributed by atoms with Crippen LogP contribution >= 0.6 is 11.8 Å². The number of hydrogen-bond donors (Lipinski definition) is 2. The molecule has 2 nitrogen and oxygen atoms in total. The van der Waals surface area contributed by atoms with Gasteiger partial charge in [0.2, 0.25) is 0 Å². The van der Waals surface area contributed by atoms with E-state index in [9.17, 15) is 4.39 Å². The van der Waals surface area contributed by atoms with Crippen LogP contribution < -0.4 is 11.1 Å². The van der Waals surface area contributed by atoms with Crippen molar-refractivity contribution in [1.29, 1.82) is 0 Å². The van der Waals surface area contributed by atoms with Crippen LogP contribution in [0.3, 0.4) is 0 Å². The molecule has 0 amide bonds. The number of thioether (sulfide) groups is 1. The third-order valence-electron chi connectivity index (χ3n) is 1.76. The third kappa shape index (κ3) is 3.55. The molecule has 0 saturated carbocycles. The minimum absolute atomic E-state index is 0.231. The Morgan fingerprint density at radius 2 is 2.29 bits per heavy atom. The first-order valence-electron chi connectivity index (χ1n) is 4.62. The van der Waals surface area contributed by atoms with Gasteiger partial charge in [-0.3, -0.25) is 0 Å². The summed E-state index contributed by atoms with van der Waals surface area (Å²) < 4.78 is 12.8. The third-order valence-corrected chi connectivity index (χ3v) is 2.83. The standard InChI is InChI=1S/C10H15FN2S/c1-2-13-5-6-14-10-7-8(11)3-4-9(10)12/h3-4,7,13H,2,5-6,12H2,1H3. The Balaban J connectivity index is 2.45. The highest BCUT2D eigenvalue weighted by atomic mass is 32.2. The van der Waals surface area contributed by atoms with E-state index in [1.807, 2.05) is 0 Å². The second-order valence-corrected chi connectivity index (χ2v) is 4.02. The van der Waals surface area contributed by atoms with Gasteiger partial charge in [-0.2, -0.15) is 0 Å². The number of nitrogen functional groups attached to an aromatic ring is 1. The van der Waals surface area contributed by atoms with E-state index in [1.54, 1.807) is 17.8 Å². The molecular formula is C10H15FN2S. The Morgan fingerprint density at radius 3 is 3.00 bits per heavy atom. The monoisotopic (exact) mass is 214 g/mol. The van der Waals surface area contributed by atoms with Gasteiger partial charge in [0.25, 0.3) is 0 Å². The summed E-state index contributed by atoms with van der Waals surface area (Å²) in [6, 6.07) is 4.46. The molecule has 0 heterocycles. The fourth-order valence-corrected chi connectivity index (χ4v) is 1.94. The van der Waals surface area contributed by atoms with Crippen molar-refractivity contribution in [2.24, 2.45) is 0 Å². The lowest BCUT2D eigenvalue weighted by atomic mass is 10.3. The molecule has 0 atom stereocenters. The predicted molar refractivity (Wildman–Crippen MR) is 60.1 cm³/mol. The van der Waals surface area contributed by atoms with Crippen LogP contribution in [0.5, 0.6) is 0 Å². The number of benzene rings is 1. The molecule has 1 aromatic rings. The maximum Gasteiger partial charge on any atom is 0.124 e. The van der Waals surface area contributed by atoms with Crippen LogP contribution in [-0.2, 0) is 0 Å². The minimum Gasteiger partial charge on any atom is -0.398 e. The lowest BCUT2D eigenvalue weighted by Gasteiger charge is -2.05. The quantitative estimate of drug-likeness (QED) is 0.448. The normalized spacial score (nSPS) is 10.4. The maximum atomic E-state index is 12.8. The smallest absolute Gasteiger partial charge is 0.124 e. The Kier molecular flexibility index (Phi) is 4.76. The zero-order valence-electron chi connectivity index (χ0n) is 8.22. The highest BCUT2D eigenvalue weighted by Gasteiger charge is 2.00. The first-order valence-corrected chi connectivity index (χ1v) is 5.61. The number of hydrogen-bond acceptors (Lipinski definition) is 3. The van der Waals surface area contributed by atoms with E-state index < -0.39 is 0 Å². The summed E-state index contributed by atoms with van der Waals surface area (Å²) in [6.45, 7) is 3.93. The lowest BCUT2D eigenvalue weighted by molar-refractivity contribution is 0.624. The van der Waals surface area contributed by atoms with Crippen LogP contribution in [0.25, 0.3) is 0 Å². The molecule has 0 unspecified atom stereocenters. The topological polar surface area (TPSA) is 38.0 Å². The first kappa shape index (κ1) is 11.3. The molecule has 0 spiro atoms. The molecule has 0 bridgehead atoms. The molecule has 0 radical (unpaired) electrons. The van der Waals surface area contributed by atoms with Crippen LogP contribution in [-0.4, -0.2) is 18.8 Å². The van der Waals surface area contributed by atoms with Gasteiger partial charge >= 0.3 is 0 Å². The summed E-state index contributed by atoms with van der Waals surface area (Å²) in [5.74, 6) is 0.673. The fourth-order valence-electron chi connectivity index (χ4n) is 1.04. The van der Waals surface area contributed by atoms with E-state index in [-0.39, 0.29) is 5.82 Å². The minimum atomic E-state index is -0.231. The van der Waals surface area contributed by atoms with Crippen molar-refractivity contribution >= 4 is 17.4 Å². The molecule has 0 aromatic heterocycles. The van der Waals surface area contributed by atoms with Gasteiger partial charge in [-0.1, -0.05) is 6.92 Å². The molecule has 3 N–H and O–H groups in total. The maximum absolute atomic E-state index is 12.8. The first-order chi connectivity index (χ1) is 6.74. The van der Waals surface area contributed by atoms with Crippen molar-refractivity contribution in [3.8, 4) is 0 Å². The largest absolute Gasteiger partial charge is 0.398 e. The van der Waals surface area contributed by atoms with Crippen LogP contribution in [0.4, 0.5) is 10.1 Å². The molecule has 0 aliphatic heterocycles. The Bertz CT molecular complexity index is 291. The number of rotatable bonds is 5.